The fourth-order valence-electron chi connectivity index (χ4n) is 5.63. The minimum atomic E-state index is -3.10. The van der Waals surface area contributed by atoms with Gasteiger partial charge in [0.2, 0.25) is 0 Å². The Hall–Kier alpha value is -3.05. The van der Waals surface area contributed by atoms with E-state index < -0.39 is 29.4 Å². The second kappa shape index (κ2) is 11.6. The van der Waals surface area contributed by atoms with Gasteiger partial charge in [-0.05, 0) is 49.8 Å². The van der Waals surface area contributed by atoms with Gasteiger partial charge in [-0.25, -0.2) is 0 Å². The van der Waals surface area contributed by atoms with E-state index in [9.17, 15) is 28.3 Å². The first-order valence-electron chi connectivity index (χ1n) is 13.0. The maximum Gasteiger partial charge on any atom is 0.387 e. The molecule has 4 rings (SSSR count). The minimum absolute atomic E-state index is 0.0542. The van der Waals surface area contributed by atoms with Gasteiger partial charge in [0.15, 0.2) is 5.75 Å². The summed E-state index contributed by atoms with van der Waals surface area (Å²) in [5.74, 6) is -1.46. The molecule has 2 heterocycles. The molecule has 0 bridgehead atoms. The molecule has 0 radical (unpaired) electrons. The molecule has 2 N–H and O–H groups in total. The van der Waals surface area contributed by atoms with Crippen LogP contribution in [0.5, 0.6) is 5.75 Å². The van der Waals surface area contributed by atoms with E-state index >= 15 is 0 Å². The Kier molecular flexibility index (Phi) is 8.60. The van der Waals surface area contributed by atoms with Crippen LogP contribution in [-0.2, 0) is 19.9 Å². The van der Waals surface area contributed by atoms with Gasteiger partial charge in [-0.3, -0.25) is 19.1 Å². The summed E-state index contributed by atoms with van der Waals surface area (Å²) in [6.07, 6.45) is 3.35. The number of nitrogens with zero attached hydrogens (tertiary/aromatic N) is 3. The minimum Gasteiger partial charge on any atom is -0.481 e. The van der Waals surface area contributed by atoms with E-state index in [0.29, 0.717) is 38.8 Å². The fraction of sp³-hybridized carbons (Fsp3) is 0.556. The summed E-state index contributed by atoms with van der Waals surface area (Å²) in [6, 6.07) is 5.94. The van der Waals surface area contributed by atoms with Crippen molar-refractivity contribution in [2.24, 2.45) is 5.41 Å². The second-order valence-corrected chi connectivity index (χ2v) is 11.2. The Balaban J connectivity index is 1.61. The van der Waals surface area contributed by atoms with E-state index in [1.165, 1.54) is 18.2 Å². The molecule has 2 aliphatic rings. The van der Waals surface area contributed by atoms with Crippen LogP contribution in [0.4, 0.5) is 14.5 Å². The molecule has 0 spiro atoms. The number of aliphatic carboxylic acids is 1. The highest BCUT2D eigenvalue weighted by molar-refractivity contribution is 6.30. The summed E-state index contributed by atoms with van der Waals surface area (Å²) >= 11 is 5.97. The van der Waals surface area contributed by atoms with Gasteiger partial charge in [0.1, 0.15) is 11.3 Å². The van der Waals surface area contributed by atoms with Crippen LogP contribution in [0.2, 0.25) is 5.02 Å². The average molecular weight is 567 g/mol. The molecule has 1 amide bonds. The number of carbonyl (C=O) groups is 3. The number of nitrogens with one attached hydrogen (secondary N) is 1. The van der Waals surface area contributed by atoms with E-state index in [1.54, 1.807) is 10.9 Å². The number of anilines is 1. The summed E-state index contributed by atoms with van der Waals surface area (Å²) in [5, 5.41) is 17.5. The zero-order valence-electron chi connectivity index (χ0n) is 22.0. The smallest absolute Gasteiger partial charge is 0.387 e. The number of piperidine rings is 1. The van der Waals surface area contributed by atoms with Crippen molar-refractivity contribution in [1.82, 2.24) is 14.7 Å². The lowest BCUT2D eigenvalue weighted by Gasteiger charge is -2.44. The third kappa shape index (κ3) is 6.09. The second-order valence-electron chi connectivity index (χ2n) is 10.7. The van der Waals surface area contributed by atoms with Crippen LogP contribution in [0, 0.1) is 5.41 Å². The van der Waals surface area contributed by atoms with E-state index in [4.69, 9.17) is 11.6 Å². The van der Waals surface area contributed by atoms with Crippen molar-refractivity contribution in [2.75, 3.05) is 25.0 Å². The fourth-order valence-corrected chi connectivity index (χ4v) is 5.79. The molecule has 2 fully saturated rings. The summed E-state index contributed by atoms with van der Waals surface area (Å²) in [7, 11) is 0. The Morgan fingerprint density at radius 2 is 1.82 bits per heavy atom. The number of hydrogen-bond donors (Lipinski definition) is 2. The average Bonchev–Trinajstić information content (AvgIpc) is 3.38. The number of amides is 1. The monoisotopic (exact) mass is 566 g/mol. The lowest BCUT2D eigenvalue weighted by molar-refractivity contribution is -0.154. The SMILES string of the molecule is CC(C)c1ccnn1C1(C(=O)Nc2ccc(Cl)cc2OC(F)F)CCN(CC2(C(=O)O)CCC(=O)CC2)CC1. The Labute approximate surface area is 230 Å². The predicted octanol–water partition coefficient (Wildman–Crippen LogP) is 4.91. The quantitative estimate of drug-likeness (QED) is 0.443. The molecule has 1 aromatic heterocycles. The van der Waals surface area contributed by atoms with E-state index in [-0.39, 0.29) is 47.5 Å². The number of carboxylic acid groups (broad SMARTS) is 1. The van der Waals surface area contributed by atoms with Crippen molar-refractivity contribution in [1.29, 1.82) is 0 Å². The number of hydrogen-bond acceptors (Lipinski definition) is 6. The Morgan fingerprint density at radius 3 is 2.41 bits per heavy atom. The van der Waals surface area contributed by atoms with Crippen LogP contribution >= 0.6 is 11.6 Å². The van der Waals surface area contributed by atoms with Crippen molar-refractivity contribution in [2.45, 2.75) is 70.4 Å². The van der Waals surface area contributed by atoms with E-state index in [0.717, 1.165) is 5.69 Å². The van der Waals surface area contributed by atoms with Gasteiger partial charge in [0.05, 0.1) is 11.1 Å². The van der Waals surface area contributed by atoms with Crippen molar-refractivity contribution in [3.8, 4) is 5.75 Å². The molecule has 39 heavy (non-hydrogen) atoms. The first kappa shape index (κ1) is 28.9. The Morgan fingerprint density at radius 1 is 1.15 bits per heavy atom. The number of benzene rings is 1. The molecule has 12 heteroatoms. The molecule has 0 atom stereocenters. The molecule has 2 aromatic rings. The van der Waals surface area contributed by atoms with Crippen LogP contribution in [-0.4, -0.2) is 63.7 Å². The molecule has 1 aliphatic carbocycles. The highest BCUT2D eigenvalue weighted by Crippen LogP contribution is 2.40. The first-order valence-corrected chi connectivity index (χ1v) is 13.4. The molecule has 212 valence electrons. The lowest BCUT2D eigenvalue weighted by Crippen LogP contribution is -2.56. The highest BCUT2D eigenvalue weighted by Gasteiger charge is 2.48. The van der Waals surface area contributed by atoms with Crippen molar-refractivity contribution in [3.05, 3.63) is 41.2 Å². The number of ether oxygens (including phenoxy) is 1. The molecular formula is C27H33ClF2N4O5. The molecule has 9 nitrogen and oxygen atoms in total. The van der Waals surface area contributed by atoms with Gasteiger partial charge in [-0.2, -0.15) is 13.9 Å². The molecule has 1 aromatic carbocycles. The predicted molar refractivity (Wildman–Crippen MR) is 140 cm³/mol. The standard InChI is InChI=1S/C27H33ClF2N4O5/c1-17(2)21-7-12-31-34(21)27(23(36)32-20-4-3-18(28)15-22(20)39-25(29)30)10-13-33(14-11-27)16-26(24(37)38)8-5-19(35)6-9-26/h3-4,7,12,15,17,25H,5-6,8-11,13-14,16H2,1-2H3,(H,32,36)(H,37,38). The number of rotatable bonds is 9. The highest BCUT2D eigenvalue weighted by atomic mass is 35.5. The summed E-state index contributed by atoms with van der Waals surface area (Å²) in [4.78, 5) is 40.0. The number of carboxylic acids is 1. The van der Waals surface area contributed by atoms with Crippen molar-refractivity contribution < 1.29 is 33.0 Å². The number of ketones is 1. The number of carbonyl (C=O) groups excluding carboxylic acids is 2. The van der Waals surface area contributed by atoms with Gasteiger partial charge in [0, 0.05) is 55.5 Å². The van der Waals surface area contributed by atoms with Crippen LogP contribution in [0.1, 0.15) is 64.0 Å². The summed E-state index contributed by atoms with van der Waals surface area (Å²) < 4.78 is 32.4. The molecule has 1 aliphatic heterocycles. The third-order valence-corrected chi connectivity index (χ3v) is 8.16. The molecule has 1 saturated carbocycles. The van der Waals surface area contributed by atoms with E-state index in [2.05, 4.69) is 15.2 Å². The van der Waals surface area contributed by atoms with Gasteiger partial charge in [0.25, 0.3) is 5.91 Å². The van der Waals surface area contributed by atoms with Crippen molar-refractivity contribution >= 4 is 34.9 Å². The first-order chi connectivity index (χ1) is 18.5. The number of halogens is 3. The maximum absolute atomic E-state index is 14.0. The van der Waals surface area contributed by atoms with Crippen molar-refractivity contribution in [3.63, 3.8) is 0 Å². The molecular weight excluding hydrogens is 534 g/mol. The molecule has 0 unspecified atom stereocenters. The Bertz CT molecular complexity index is 1220. The van der Waals surface area contributed by atoms with Gasteiger partial charge in [-0.1, -0.05) is 25.4 Å². The number of alkyl halides is 2. The van der Waals surface area contributed by atoms with Crippen LogP contribution in [0.15, 0.2) is 30.5 Å². The number of likely N-dealkylation sites (tertiary alicyclic amines) is 1. The normalized spacial score (nSPS) is 19.3. The zero-order valence-corrected chi connectivity index (χ0v) is 22.7. The summed E-state index contributed by atoms with van der Waals surface area (Å²) in [5.41, 5.74) is -1.26. The third-order valence-electron chi connectivity index (χ3n) is 7.93. The van der Waals surface area contributed by atoms with E-state index in [1.807, 2.05) is 24.8 Å². The van der Waals surface area contributed by atoms with Crippen LogP contribution in [0.25, 0.3) is 0 Å². The van der Waals surface area contributed by atoms with Crippen LogP contribution < -0.4 is 10.1 Å². The topological polar surface area (TPSA) is 114 Å². The summed E-state index contributed by atoms with van der Waals surface area (Å²) in [6.45, 7) is 1.98. The van der Waals surface area contributed by atoms with Gasteiger partial charge < -0.3 is 20.1 Å². The number of aromatic nitrogens is 2. The van der Waals surface area contributed by atoms with Gasteiger partial charge in [-0.15, -0.1) is 0 Å². The largest absolute Gasteiger partial charge is 0.481 e. The maximum atomic E-state index is 14.0. The van der Waals surface area contributed by atoms with Gasteiger partial charge >= 0.3 is 12.6 Å². The lowest BCUT2D eigenvalue weighted by atomic mass is 9.72. The van der Waals surface area contributed by atoms with Crippen LogP contribution in [0.3, 0.4) is 0 Å². The number of Topliss-reactive ketones (excluding diaryl/α,β-unsaturated/α-hetero) is 1. The molecule has 1 saturated heterocycles. The zero-order chi connectivity index (χ0) is 28.4.